The standard InChI is InChI=1S/C10H11FINO/c11-8(5-6-13)7-14-10-3-1-9(12)2-4-10/h1-5H,6-7,13H2. The lowest BCUT2D eigenvalue weighted by Gasteiger charge is -2.03. The number of benzene rings is 1. The third kappa shape index (κ3) is 4.06. The molecule has 0 fully saturated rings. The third-order valence-electron chi connectivity index (χ3n) is 1.53. The fraction of sp³-hybridized carbons (Fsp3) is 0.200. The first-order chi connectivity index (χ1) is 6.72. The zero-order valence-corrected chi connectivity index (χ0v) is 9.70. The van der Waals surface area contributed by atoms with Gasteiger partial charge in [0.05, 0.1) is 0 Å². The molecule has 0 saturated heterocycles. The average Bonchev–Trinajstić information content (AvgIpc) is 2.17. The highest BCUT2D eigenvalue weighted by atomic mass is 127. The lowest BCUT2D eigenvalue weighted by Crippen LogP contribution is -2.01. The molecule has 1 aromatic carbocycles. The van der Waals surface area contributed by atoms with Crippen molar-refractivity contribution in [3.8, 4) is 5.75 Å². The van der Waals surface area contributed by atoms with Gasteiger partial charge in [0.25, 0.3) is 0 Å². The Morgan fingerprint density at radius 2 is 2.07 bits per heavy atom. The molecule has 0 saturated carbocycles. The van der Waals surface area contributed by atoms with Gasteiger partial charge in [-0.05, 0) is 52.9 Å². The van der Waals surface area contributed by atoms with Crippen LogP contribution in [0.2, 0.25) is 0 Å². The molecule has 0 aliphatic heterocycles. The number of hydrogen-bond acceptors (Lipinski definition) is 2. The van der Waals surface area contributed by atoms with Crippen LogP contribution in [-0.2, 0) is 0 Å². The van der Waals surface area contributed by atoms with Crippen LogP contribution in [0.3, 0.4) is 0 Å². The van der Waals surface area contributed by atoms with E-state index in [0.29, 0.717) is 5.75 Å². The largest absolute Gasteiger partial charge is 0.487 e. The van der Waals surface area contributed by atoms with E-state index in [4.69, 9.17) is 10.5 Å². The summed E-state index contributed by atoms with van der Waals surface area (Å²) in [6.45, 7) is 0.139. The number of hydrogen-bond donors (Lipinski definition) is 1. The highest BCUT2D eigenvalue weighted by molar-refractivity contribution is 14.1. The molecule has 2 N–H and O–H groups in total. The first-order valence-electron chi connectivity index (χ1n) is 4.15. The minimum absolute atomic E-state index is 0.0577. The van der Waals surface area contributed by atoms with Gasteiger partial charge in [-0.1, -0.05) is 0 Å². The summed E-state index contributed by atoms with van der Waals surface area (Å²) in [5, 5.41) is 0. The number of nitrogens with two attached hydrogens (primary N) is 1. The smallest absolute Gasteiger partial charge is 0.139 e. The van der Waals surface area contributed by atoms with Gasteiger partial charge >= 0.3 is 0 Å². The summed E-state index contributed by atoms with van der Waals surface area (Å²) < 4.78 is 19.1. The van der Waals surface area contributed by atoms with E-state index in [9.17, 15) is 4.39 Å². The molecule has 0 aliphatic rings. The Morgan fingerprint density at radius 1 is 1.43 bits per heavy atom. The van der Waals surface area contributed by atoms with E-state index in [0.717, 1.165) is 3.57 Å². The van der Waals surface area contributed by atoms with Gasteiger partial charge in [0, 0.05) is 10.1 Å². The Kier molecular flexibility index (Phi) is 4.89. The van der Waals surface area contributed by atoms with Gasteiger partial charge in [-0.15, -0.1) is 0 Å². The van der Waals surface area contributed by atoms with Gasteiger partial charge in [-0.25, -0.2) is 4.39 Å². The molecular weight excluding hydrogens is 296 g/mol. The van der Waals surface area contributed by atoms with Crippen molar-refractivity contribution in [2.24, 2.45) is 5.73 Å². The van der Waals surface area contributed by atoms with Crippen LogP contribution in [0.25, 0.3) is 0 Å². The predicted octanol–water partition coefficient (Wildman–Crippen LogP) is 2.48. The maximum absolute atomic E-state index is 12.8. The molecule has 0 atom stereocenters. The molecule has 0 spiro atoms. The second kappa shape index (κ2) is 5.98. The quantitative estimate of drug-likeness (QED) is 0.868. The molecule has 0 amide bonds. The molecule has 0 unspecified atom stereocenters. The topological polar surface area (TPSA) is 35.2 Å². The Hall–Kier alpha value is -0.620. The molecule has 0 aliphatic carbocycles. The molecule has 14 heavy (non-hydrogen) atoms. The van der Waals surface area contributed by atoms with Crippen LogP contribution in [0.5, 0.6) is 5.75 Å². The summed E-state index contributed by atoms with van der Waals surface area (Å²) >= 11 is 2.19. The zero-order valence-electron chi connectivity index (χ0n) is 7.54. The average molecular weight is 307 g/mol. The van der Waals surface area contributed by atoms with Crippen LogP contribution in [-0.4, -0.2) is 13.2 Å². The molecule has 2 nitrogen and oxygen atoms in total. The van der Waals surface area contributed by atoms with Gasteiger partial charge in [-0.2, -0.15) is 0 Å². The van der Waals surface area contributed by atoms with Gasteiger partial charge in [-0.3, -0.25) is 0 Å². The summed E-state index contributed by atoms with van der Waals surface area (Å²) in [6.07, 6.45) is 1.30. The molecule has 1 rings (SSSR count). The van der Waals surface area contributed by atoms with Crippen molar-refractivity contribution < 1.29 is 9.13 Å². The van der Waals surface area contributed by atoms with Crippen molar-refractivity contribution in [1.29, 1.82) is 0 Å². The predicted molar refractivity (Wildman–Crippen MR) is 62.9 cm³/mol. The highest BCUT2D eigenvalue weighted by Gasteiger charge is 1.96. The van der Waals surface area contributed by atoms with Crippen LogP contribution >= 0.6 is 22.6 Å². The van der Waals surface area contributed by atoms with E-state index in [1.54, 1.807) is 12.1 Å². The van der Waals surface area contributed by atoms with Crippen molar-refractivity contribution in [1.82, 2.24) is 0 Å². The molecule has 0 heterocycles. The Bertz CT molecular complexity index is 310. The van der Waals surface area contributed by atoms with Gasteiger partial charge in [0.1, 0.15) is 18.2 Å². The van der Waals surface area contributed by atoms with E-state index in [-0.39, 0.29) is 19.0 Å². The van der Waals surface area contributed by atoms with Crippen LogP contribution in [0.15, 0.2) is 36.2 Å². The van der Waals surface area contributed by atoms with E-state index in [1.807, 2.05) is 12.1 Å². The van der Waals surface area contributed by atoms with E-state index in [2.05, 4.69) is 22.6 Å². The number of rotatable bonds is 4. The zero-order chi connectivity index (χ0) is 10.4. The Labute approximate surface area is 96.1 Å². The normalized spacial score (nSPS) is 11.5. The molecule has 0 aromatic heterocycles. The molecule has 4 heteroatoms. The SMILES string of the molecule is NCC=C(F)COc1ccc(I)cc1. The molecule has 1 aromatic rings. The van der Waals surface area contributed by atoms with Crippen LogP contribution in [0.1, 0.15) is 0 Å². The molecular formula is C10H11FINO. The minimum atomic E-state index is -0.342. The summed E-state index contributed by atoms with van der Waals surface area (Å²) in [6, 6.07) is 7.41. The van der Waals surface area contributed by atoms with Crippen molar-refractivity contribution in [3.63, 3.8) is 0 Å². The Morgan fingerprint density at radius 3 is 2.64 bits per heavy atom. The summed E-state index contributed by atoms with van der Waals surface area (Å²) in [5.74, 6) is 0.317. The lowest BCUT2D eigenvalue weighted by molar-refractivity contribution is 0.318. The van der Waals surface area contributed by atoms with Crippen molar-refractivity contribution in [2.45, 2.75) is 0 Å². The molecule has 0 radical (unpaired) electrons. The lowest BCUT2D eigenvalue weighted by atomic mass is 10.3. The maximum atomic E-state index is 12.8. The Balaban J connectivity index is 2.46. The fourth-order valence-electron chi connectivity index (χ4n) is 0.870. The van der Waals surface area contributed by atoms with Crippen LogP contribution in [0, 0.1) is 3.57 Å². The van der Waals surface area contributed by atoms with E-state index in [1.165, 1.54) is 6.08 Å². The number of halogens is 2. The molecule has 76 valence electrons. The fourth-order valence-corrected chi connectivity index (χ4v) is 1.23. The second-order valence-corrected chi connectivity index (χ2v) is 3.87. The van der Waals surface area contributed by atoms with Gasteiger partial charge in [0.15, 0.2) is 0 Å². The van der Waals surface area contributed by atoms with E-state index < -0.39 is 0 Å². The van der Waals surface area contributed by atoms with Crippen LogP contribution in [0.4, 0.5) is 4.39 Å². The monoisotopic (exact) mass is 307 g/mol. The second-order valence-electron chi connectivity index (χ2n) is 2.63. The van der Waals surface area contributed by atoms with Gasteiger partial charge in [0.2, 0.25) is 0 Å². The highest BCUT2D eigenvalue weighted by Crippen LogP contribution is 2.14. The maximum Gasteiger partial charge on any atom is 0.139 e. The molecule has 0 bridgehead atoms. The summed E-state index contributed by atoms with van der Waals surface area (Å²) in [5.41, 5.74) is 5.15. The van der Waals surface area contributed by atoms with E-state index >= 15 is 0 Å². The van der Waals surface area contributed by atoms with Gasteiger partial charge < -0.3 is 10.5 Å². The van der Waals surface area contributed by atoms with Crippen molar-refractivity contribution >= 4 is 22.6 Å². The van der Waals surface area contributed by atoms with Crippen molar-refractivity contribution in [2.75, 3.05) is 13.2 Å². The summed E-state index contributed by atoms with van der Waals surface area (Å²) in [4.78, 5) is 0. The third-order valence-corrected chi connectivity index (χ3v) is 2.25. The summed E-state index contributed by atoms with van der Waals surface area (Å²) in [7, 11) is 0. The van der Waals surface area contributed by atoms with Crippen LogP contribution < -0.4 is 10.5 Å². The number of ether oxygens (including phenoxy) is 1. The first-order valence-corrected chi connectivity index (χ1v) is 5.23. The minimum Gasteiger partial charge on any atom is -0.487 e. The van der Waals surface area contributed by atoms with Crippen molar-refractivity contribution in [3.05, 3.63) is 39.7 Å². The first kappa shape index (κ1) is 11.5.